The fourth-order valence-electron chi connectivity index (χ4n) is 3.44. The molecule has 2 saturated heterocycles. The van der Waals surface area contributed by atoms with E-state index in [-0.39, 0.29) is 6.04 Å². The number of hydrogen-bond donors (Lipinski definition) is 1. The van der Waals surface area contributed by atoms with Crippen molar-refractivity contribution in [3.05, 3.63) is 35.4 Å². The summed E-state index contributed by atoms with van der Waals surface area (Å²) in [6.07, 6.45) is 1.97. The van der Waals surface area contributed by atoms with Crippen molar-refractivity contribution in [1.29, 1.82) is 0 Å². The zero-order valence-corrected chi connectivity index (χ0v) is 12.0. The van der Waals surface area contributed by atoms with Crippen molar-refractivity contribution in [3.8, 4) is 0 Å². The van der Waals surface area contributed by atoms with Crippen molar-refractivity contribution >= 4 is 0 Å². The maximum absolute atomic E-state index is 14.0. The molecule has 1 N–H and O–H groups in total. The Morgan fingerprint density at radius 3 is 2.76 bits per heavy atom. The first-order chi connectivity index (χ1) is 10.1. The van der Waals surface area contributed by atoms with Gasteiger partial charge in [-0.25, -0.2) is 8.78 Å². The standard InChI is InChI=1S/C16H21F2NO2/c17-12-1-2-15(18)14(7-12)16-8-13(20)10-19(16)9-11-3-5-21-6-4-11/h1-2,7,11,13,16,20H,3-6,8-10H2. The van der Waals surface area contributed by atoms with Gasteiger partial charge in [0.25, 0.3) is 0 Å². The van der Waals surface area contributed by atoms with Gasteiger partial charge in [0.05, 0.1) is 6.10 Å². The molecule has 2 fully saturated rings. The summed E-state index contributed by atoms with van der Waals surface area (Å²) >= 11 is 0. The van der Waals surface area contributed by atoms with Crippen LogP contribution in [0, 0.1) is 17.6 Å². The lowest BCUT2D eigenvalue weighted by molar-refractivity contribution is 0.0490. The van der Waals surface area contributed by atoms with E-state index in [1.807, 2.05) is 0 Å². The molecule has 3 nitrogen and oxygen atoms in total. The number of ether oxygens (including phenoxy) is 1. The van der Waals surface area contributed by atoms with E-state index < -0.39 is 17.7 Å². The highest BCUT2D eigenvalue weighted by Gasteiger charge is 2.35. The number of β-amino-alcohol motifs (C(OH)–C–C–N with tert-alkyl or cyclic N) is 1. The number of benzene rings is 1. The Morgan fingerprint density at radius 2 is 2.00 bits per heavy atom. The minimum atomic E-state index is -0.475. The van der Waals surface area contributed by atoms with Crippen molar-refractivity contribution in [2.24, 2.45) is 5.92 Å². The van der Waals surface area contributed by atoms with Crippen LogP contribution < -0.4 is 0 Å². The van der Waals surface area contributed by atoms with Crippen LogP contribution in [0.2, 0.25) is 0 Å². The van der Waals surface area contributed by atoms with Gasteiger partial charge >= 0.3 is 0 Å². The Kier molecular flexibility index (Phi) is 4.52. The Bertz CT molecular complexity index is 491. The predicted octanol–water partition coefficient (Wildman–Crippen LogP) is 2.50. The zero-order chi connectivity index (χ0) is 14.8. The largest absolute Gasteiger partial charge is 0.392 e. The molecule has 2 unspecified atom stereocenters. The van der Waals surface area contributed by atoms with Crippen LogP contribution in [0.5, 0.6) is 0 Å². The van der Waals surface area contributed by atoms with Crippen molar-refractivity contribution in [2.45, 2.75) is 31.4 Å². The summed E-state index contributed by atoms with van der Waals surface area (Å²) in [4.78, 5) is 2.10. The molecule has 0 amide bonds. The molecule has 0 radical (unpaired) electrons. The number of aliphatic hydroxyl groups is 1. The lowest BCUT2D eigenvalue weighted by Gasteiger charge is -2.31. The van der Waals surface area contributed by atoms with E-state index in [0.717, 1.165) is 38.7 Å². The molecular weight excluding hydrogens is 276 g/mol. The second kappa shape index (κ2) is 6.38. The molecule has 0 spiro atoms. The van der Waals surface area contributed by atoms with E-state index in [0.29, 0.717) is 24.4 Å². The Labute approximate surface area is 123 Å². The molecule has 2 heterocycles. The zero-order valence-electron chi connectivity index (χ0n) is 12.0. The number of hydrogen-bond acceptors (Lipinski definition) is 3. The molecule has 0 bridgehead atoms. The van der Waals surface area contributed by atoms with Crippen molar-refractivity contribution in [2.75, 3.05) is 26.3 Å². The lowest BCUT2D eigenvalue weighted by atomic mass is 9.97. The second-order valence-corrected chi connectivity index (χ2v) is 6.08. The Hall–Kier alpha value is -1.04. The third-order valence-electron chi connectivity index (χ3n) is 4.53. The molecule has 2 atom stereocenters. The molecule has 2 aliphatic rings. The topological polar surface area (TPSA) is 32.7 Å². The van der Waals surface area contributed by atoms with Crippen LogP contribution in [0.25, 0.3) is 0 Å². The summed E-state index contributed by atoms with van der Waals surface area (Å²) < 4.78 is 32.8. The minimum absolute atomic E-state index is 0.237. The van der Waals surface area contributed by atoms with Crippen LogP contribution in [0.4, 0.5) is 8.78 Å². The van der Waals surface area contributed by atoms with Gasteiger partial charge in [-0.3, -0.25) is 4.90 Å². The molecule has 3 rings (SSSR count). The molecule has 1 aromatic rings. The van der Waals surface area contributed by atoms with Crippen LogP contribution in [-0.2, 0) is 4.74 Å². The summed E-state index contributed by atoms with van der Waals surface area (Å²) in [7, 11) is 0. The molecule has 0 aromatic heterocycles. The summed E-state index contributed by atoms with van der Waals surface area (Å²) in [5, 5.41) is 9.94. The summed E-state index contributed by atoms with van der Waals surface area (Å²) in [5.74, 6) is -0.325. The molecule has 116 valence electrons. The first-order valence-corrected chi connectivity index (χ1v) is 7.58. The van der Waals surface area contributed by atoms with Crippen LogP contribution in [0.1, 0.15) is 30.9 Å². The maximum Gasteiger partial charge on any atom is 0.128 e. The fraction of sp³-hybridized carbons (Fsp3) is 0.625. The first kappa shape index (κ1) is 14.9. The van der Waals surface area contributed by atoms with Gasteiger partial charge < -0.3 is 9.84 Å². The highest BCUT2D eigenvalue weighted by atomic mass is 19.1. The van der Waals surface area contributed by atoms with E-state index in [9.17, 15) is 13.9 Å². The maximum atomic E-state index is 14.0. The Morgan fingerprint density at radius 1 is 1.24 bits per heavy atom. The third-order valence-corrected chi connectivity index (χ3v) is 4.53. The van der Waals surface area contributed by atoms with E-state index in [4.69, 9.17) is 4.74 Å². The number of halogens is 2. The van der Waals surface area contributed by atoms with Gasteiger partial charge in [0.15, 0.2) is 0 Å². The molecule has 0 aliphatic carbocycles. The van der Waals surface area contributed by atoms with Gasteiger partial charge in [-0.15, -0.1) is 0 Å². The van der Waals surface area contributed by atoms with E-state index in [1.165, 1.54) is 12.1 Å². The van der Waals surface area contributed by atoms with Crippen LogP contribution in [0.3, 0.4) is 0 Å². The van der Waals surface area contributed by atoms with Crippen LogP contribution in [0.15, 0.2) is 18.2 Å². The molecule has 0 saturated carbocycles. The highest BCUT2D eigenvalue weighted by molar-refractivity contribution is 5.24. The summed E-state index contributed by atoms with van der Waals surface area (Å²) in [5.41, 5.74) is 0.360. The second-order valence-electron chi connectivity index (χ2n) is 6.08. The smallest absolute Gasteiger partial charge is 0.128 e. The predicted molar refractivity (Wildman–Crippen MR) is 74.8 cm³/mol. The quantitative estimate of drug-likeness (QED) is 0.930. The van der Waals surface area contributed by atoms with Gasteiger partial charge in [-0.1, -0.05) is 0 Å². The first-order valence-electron chi connectivity index (χ1n) is 7.58. The molecule has 2 aliphatic heterocycles. The number of likely N-dealkylation sites (tertiary alicyclic amines) is 1. The van der Waals surface area contributed by atoms with Crippen molar-refractivity contribution in [3.63, 3.8) is 0 Å². The fourth-order valence-corrected chi connectivity index (χ4v) is 3.44. The van der Waals surface area contributed by atoms with E-state index in [2.05, 4.69) is 4.90 Å². The average molecular weight is 297 g/mol. The number of nitrogens with zero attached hydrogens (tertiary/aromatic N) is 1. The SMILES string of the molecule is OC1CC(c2cc(F)ccc2F)N(CC2CCOCC2)C1. The van der Waals surface area contributed by atoms with Gasteiger partial charge in [-0.2, -0.15) is 0 Å². The van der Waals surface area contributed by atoms with Gasteiger partial charge in [-0.05, 0) is 43.4 Å². The molecule has 21 heavy (non-hydrogen) atoms. The monoisotopic (exact) mass is 297 g/mol. The van der Waals surface area contributed by atoms with E-state index in [1.54, 1.807) is 0 Å². The summed E-state index contributed by atoms with van der Waals surface area (Å²) in [6.45, 7) is 2.86. The molecular formula is C16H21F2NO2. The number of aliphatic hydroxyl groups excluding tert-OH is 1. The van der Waals surface area contributed by atoms with E-state index >= 15 is 0 Å². The molecule has 1 aromatic carbocycles. The highest BCUT2D eigenvalue weighted by Crippen LogP contribution is 2.35. The lowest BCUT2D eigenvalue weighted by Crippen LogP contribution is -2.33. The van der Waals surface area contributed by atoms with Gasteiger partial charge in [0.2, 0.25) is 0 Å². The van der Waals surface area contributed by atoms with Gasteiger partial charge in [0, 0.05) is 37.9 Å². The van der Waals surface area contributed by atoms with Gasteiger partial charge in [0.1, 0.15) is 11.6 Å². The average Bonchev–Trinajstić information content (AvgIpc) is 2.83. The third kappa shape index (κ3) is 3.42. The van der Waals surface area contributed by atoms with Crippen molar-refractivity contribution in [1.82, 2.24) is 4.90 Å². The molecule has 5 heteroatoms. The number of rotatable bonds is 3. The van der Waals surface area contributed by atoms with Crippen molar-refractivity contribution < 1.29 is 18.6 Å². The summed E-state index contributed by atoms with van der Waals surface area (Å²) in [6, 6.07) is 3.32. The normalized spacial score (nSPS) is 28.1. The van der Waals surface area contributed by atoms with Crippen LogP contribution >= 0.6 is 0 Å². The Balaban J connectivity index is 1.76. The van der Waals surface area contributed by atoms with Crippen LogP contribution in [-0.4, -0.2) is 42.4 Å². The minimum Gasteiger partial charge on any atom is -0.392 e.